The van der Waals surface area contributed by atoms with Crippen LogP contribution in [0.3, 0.4) is 0 Å². The summed E-state index contributed by atoms with van der Waals surface area (Å²) in [5.41, 5.74) is 4.46. The van der Waals surface area contributed by atoms with E-state index in [9.17, 15) is 19.2 Å². The predicted molar refractivity (Wildman–Crippen MR) is 166 cm³/mol. The molecule has 3 aromatic rings. The van der Waals surface area contributed by atoms with E-state index >= 15 is 0 Å². The van der Waals surface area contributed by atoms with Gasteiger partial charge in [0.05, 0.1) is 0 Å². The van der Waals surface area contributed by atoms with Crippen LogP contribution < -0.4 is 21.3 Å². The molecule has 0 bridgehead atoms. The topological polar surface area (TPSA) is 116 Å². The number of rotatable bonds is 12. The Kier molecular flexibility index (Phi) is 11.8. The van der Waals surface area contributed by atoms with E-state index in [0.29, 0.717) is 13.1 Å². The first-order chi connectivity index (χ1) is 20.2. The standard InChI is InChI=1S/C34H38N4O4/c1-5-19-35-33(41)29(21-25-11-7-23(3)8-12-25)37-31(39)27-15-17-28(18-16-27)32(40)38-30(34(42)36-20-6-2)22-26-13-9-24(4)10-14-26/h7-18,21-22H,5-6,19-20H2,1-4H3,(H,35,41)(H,36,42)(H,37,39)(H,38,40)/b29-21+,30-22+. The molecule has 0 aliphatic rings. The summed E-state index contributed by atoms with van der Waals surface area (Å²) in [7, 11) is 0. The molecule has 0 aromatic heterocycles. The second kappa shape index (κ2) is 15.7. The zero-order chi connectivity index (χ0) is 30.5. The molecule has 4 amide bonds. The highest BCUT2D eigenvalue weighted by atomic mass is 16.2. The van der Waals surface area contributed by atoms with E-state index in [1.807, 2.05) is 76.2 Å². The van der Waals surface area contributed by atoms with Gasteiger partial charge >= 0.3 is 0 Å². The van der Waals surface area contributed by atoms with E-state index in [0.717, 1.165) is 35.1 Å². The Labute approximate surface area is 247 Å². The fourth-order valence-electron chi connectivity index (χ4n) is 3.80. The molecule has 3 rings (SSSR count). The Bertz CT molecular complexity index is 1340. The highest BCUT2D eigenvalue weighted by molar-refractivity contribution is 6.07. The van der Waals surface area contributed by atoms with Gasteiger partial charge < -0.3 is 21.3 Å². The van der Waals surface area contributed by atoms with Crippen LogP contribution in [0.15, 0.2) is 84.2 Å². The molecule has 0 spiro atoms. The first kappa shape index (κ1) is 31.5. The van der Waals surface area contributed by atoms with Crippen LogP contribution in [0.4, 0.5) is 0 Å². The first-order valence-corrected chi connectivity index (χ1v) is 14.1. The average molecular weight is 567 g/mol. The maximum atomic E-state index is 13.1. The average Bonchev–Trinajstić information content (AvgIpc) is 3.00. The van der Waals surface area contributed by atoms with E-state index in [1.165, 1.54) is 24.3 Å². The second-order valence-electron chi connectivity index (χ2n) is 9.93. The molecule has 8 nitrogen and oxygen atoms in total. The summed E-state index contributed by atoms with van der Waals surface area (Å²) < 4.78 is 0. The number of benzene rings is 3. The van der Waals surface area contributed by atoms with Crippen molar-refractivity contribution in [1.29, 1.82) is 0 Å². The zero-order valence-corrected chi connectivity index (χ0v) is 24.5. The van der Waals surface area contributed by atoms with E-state index in [2.05, 4.69) is 21.3 Å². The van der Waals surface area contributed by atoms with Crippen molar-refractivity contribution in [3.05, 3.63) is 118 Å². The largest absolute Gasteiger partial charge is 0.351 e. The van der Waals surface area contributed by atoms with Crippen LogP contribution >= 0.6 is 0 Å². The molecule has 0 heterocycles. The van der Waals surface area contributed by atoms with Crippen molar-refractivity contribution in [3.63, 3.8) is 0 Å². The molecular weight excluding hydrogens is 528 g/mol. The minimum Gasteiger partial charge on any atom is -0.351 e. The van der Waals surface area contributed by atoms with Crippen LogP contribution in [0.25, 0.3) is 12.2 Å². The van der Waals surface area contributed by atoms with Crippen molar-refractivity contribution in [3.8, 4) is 0 Å². The van der Waals surface area contributed by atoms with Crippen molar-refractivity contribution in [2.75, 3.05) is 13.1 Å². The molecule has 0 atom stereocenters. The minimum atomic E-state index is -0.495. The fourth-order valence-corrected chi connectivity index (χ4v) is 3.80. The lowest BCUT2D eigenvalue weighted by molar-refractivity contribution is -0.118. The van der Waals surface area contributed by atoms with Gasteiger partial charge in [0.15, 0.2) is 0 Å². The molecule has 42 heavy (non-hydrogen) atoms. The summed E-state index contributed by atoms with van der Waals surface area (Å²) in [5, 5.41) is 11.0. The second-order valence-corrected chi connectivity index (χ2v) is 9.93. The molecule has 8 heteroatoms. The number of nitrogens with one attached hydrogen (secondary N) is 4. The van der Waals surface area contributed by atoms with E-state index in [-0.39, 0.29) is 22.5 Å². The fraction of sp³-hybridized carbons (Fsp3) is 0.235. The monoisotopic (exact) mass is 566 g/mol. The van der Waals surface area contributed by atoms with Gasteiger partial charge in [-0.05, 0) is 74.2 Å². The highest BCUT2D eigenvalue weighted by Crippen LogP contribution is 2.12. The maximum absolute atomic E-state index is 13.1. The normalized spacial score (nSPS) is 11.4. The molecule has 3 aromatic carbocycles. The summed E-state index contributed by atoms with van der Waals surface area (Å²) in [6, 6.07) is 21.2. The number of hydrogen-bond donors (Lipinski definition) is 4. The lowest BCUT2D eigenvalue weighted by Gasteiger charge is -2.12. The van der Waals surface area contributed by atoms with Gasteiger partial charge in [-0.2, -0.15) is 0 Å². The number of aryl methyl sites for hydroxylation is 2. The molecule has 0 aliphatic heterocycles. The van der Waals surface area contributed by atoms with Gasteiger partial charge in [0, 0.05) is 24.2 Å². The Hall–Kier alpha value is -4.98. The number of hydrogen-bond acceptors (Lipinski definition) is 4. The van der Waals surface area contributed by atoms with Gasteiger partial charge in [-0.25, -0.2) is 0 Å². The van der Waals surface area contributed by atoms with Gasteiger partial charge in [-0.15, -0.1) is 0 Å². The minimum absolute atomic E-state index is 0.114. The molecule has 0 aliphatic carbocycles. The quantitative estimate of drug-likeness (QED) is 0.234. The van der Waals surface area contributed by atoms with Crippen molar-refractivity contribution in [1.82, 2.24) is 21.3 Å². The molecule has 0 unspecified atom stereocenters. The molecule has 0 saturated carbocycles. The lowest BCUT2D eigenvalue weighted by atomic mass is 10.1. The Balaban J connectivity index is 1.77. The SMILES string of the molecule is CCCNC(=O)/C(=C\c1ccc(C)cc1)NC(=O)c1ccc(C(=O)N/C(=C/c2ccc(C)cc2)C(=O)NCCC)cc1. The zero-order valence-electron chi connectivity index (χ0n) is 24.5. The lowest BCUT2D eigenvalue weighted by Crippen LogP contribution is -2.35. The van der Waals surface area contributed by atoms with Crippen LogP contribution in [0.2, 0.25) is 0 Å². The third-order valence-corrected chi connectivity index (χ3v) is 6.24. The molecule has 0 radical (unpaired) electrons. The van der Waals surface area contributed by atoms with E-state index in [1.54, 1.807) is 12.2 Å². The third-order valence-electron chi connectivity index (χ3n) is 6.24. The third kappa shape index (κ3) is 9.59. The Morgan fingerprint density at radius 3 is 1.19 bits per heavy atom. The molecule has 0 fully saturated rings. The van der Waals surface area contributed by atoms with Crippen LogP contribution in [0.5, 0.6) is 0 Å². The van der Waals surface area contributed by atoms with Crippen molar-refractivity contribution in [2.24, 2.45) is 0 Å². The summed E-state index contributed by atoms with van der Waals surface area (Å²) in [5.74, 6) is -1.77. The van der Waals surface area contributed by atoms with E-state index in [4.69, 9.17) is 0 Å². The van der Waals surface area contributed by atoms with Crippen molar-refractivity contribution >= 4 is 35.8 Å². The number of carbonyl (C=O) groups is 4. The highest BCUT2D eigenvalue weighted by Gasteiger charge is 2.17. The number of amides is 4. The van der Waals surface area contributed by atoms with Gasteiger partial charge in [0.1, 0.15) is 11.4 Å². The Morgan fingerprint density at radius 1 is 0.548 bits per heavy atom. The van der Waals surface area contributed by atoms with Crippen molar-refractivity contribution < 1.29 is 19.2 Å². The Morgan fingerprint density at radius 2 is 0.881 bits per heavy atom. The van der Waals surface area contributed by atoms with Gasteiger partial charge in [-0.1, -0.05) is 73.5 Å². The molecule has 0 saturated heterocycles. The van der Waals surface area contributed by atoms with Crippen LogP contribution in [0, 0.1) is 13.8 Å². The summed E-state index contributed by atoms with van der Waals surface area (Å²) >= 11 is 0. The number of carbonyl (C=O) groups excluding carboxylic acids is 4. The van der Waals surface area contributed by atoms with E-state index < -0.39 is 23.6 Å². The summed E-state index contributed by atoms with van der Waals surface area (Å²) in [6.07, 6.45) is 4.75. The molecule has 218 valence electrons. The van der Waals surface area contributed by atoms with Gasteiger partial charge in [0.25, 0.3) is 23.6 Å². The van der Waals surface area contributed by atoms with Gasteiger partial charge in [0.2, 0.25) is 0 Å². The van der Waals surface area contributed by atoms with Gasteiger partial charge in [-0.3, -0.25) is 19.2 Å². The summed E-state index contributed by atoms with van der Waals surface area (Å²) in [4.78, 5) is 51.7. The predicted octanol–water partition coefficient (Wildman–Crippen LogP) is 4.90. The first-order valence-electron chi connectivity index (χ1n) is 14.1. The maximum Gasteiger partial charge on any atom is 0.267 e. The van der Waals surface area contributed by atoms with Crippen molar-refractivity contribution in [2.45, 2.75) is 40.5 Å². The molecule has 4 N–H and O–H groups in total. The smallest absolute Gasteiger partial charge is 0.267 e. The van der Waals surface area contributed by atoms with Crippen LogP contribution in [-0.2, 0) is 9.59 Å². The van der Waals surface area contributed by atoms with Crippen LogP contribution in [0.1, 0.15) is 69.7 Å². The van der Waals surface area contributed by atoms with Crippen LogP contribution in [-0.4, -0.2) is 36.7 Å². The molecular formula is C34H38N4O4. The summed E-state index contributed by atoms with van der Waals surface area (Å²) in [6.45, 7) is 8.77.